The van der Waals surface area contributed by atoms with Crippen molar-refractivity contribution in [3.63, 3.8) is 0 Å². The molecule has 1 heterocycles. The Bertz CT molecular complexity index is 799. The molecule has 2 aromatic carbocycles. The zero-order chi connectivity index (χ0) is 17.6. The molecule has 25 heavy (non-hydrogen) atoms. The number of halogens is 1. The Balaban J connectivity index is 1.42. The predicted molar refractivity (Wildman–Crippen MR) is 88.8 cm³/mol. The van der Waals surface area contributed by atoms with E-state index in [0.29, 0.717) is 37.3 Å². The molecule has 0 aromatic heterocycles. The Morgan fingerprint density at radius 1 is 1.32 bits per heavy atom. The fourth-order valence-corrected chi connectivity index (χ4v) is 2.63. The predicted octanol–water partition coefficient (Wildman–Crippen LogP) is 2.39. The monoisotopic (exact) mass is 340 g/mol. The maximum absolute atomic E-state index is 13.6. The molecule has 0 saturated heterocycles. The third-order valence-corrected chi connectivity index (χ3v) is 3.88. The van der Waals surface area contributed by atoms with Gasteiger partial charge >= 0.3 is 0 Å². The maximum Gasteiger partial charge on any atom is 0.261 e. The van der Waals surface area contributed by atoms with Crippen molar-refractivity contribution in [2.75, 3.05) is 13.2 Å². The van der Waals surface area contributed by atoms with Gasteiger partial charge in [0, 0.05) is 12.0 Å². The lowest BCUT2D eigenvalue weighted by molar-refractivity contribution is -0.127. The number of nitrogens with one attached hydrogen (secondary N) is 1. The summed E-state index contributed by atoms with van der Waals surface area (Å²) in [4.78, 5) is 12.1. The third kappa shape index (κ3) is 4.07. The van der Waals surface area contributed by atoms with Crippen molar-refractivity contribution in [2.24, 2.45) is 0 Å². The van der Waals surface area contributed by atoms with E-state index in [1.54, 1.807) is 24.3 Å². The van der Waals surface area contributed by atoms with Crippen LogP contribution in [0.1, 0.15) is 11.1 Å². The number of ether oxygens (including phenoxy) is 2. The molecule has 0 aliphatic carbocycles. The highest BCUT2D eigenvalue weighted by atomic mass is 19.1. The minimum Gasteiger partial charge on any atom is -0.492 e. The topological polar surface area (TPSA) is 71.3 Å². The smallest absolute Gasteiger partial charge is 0.261 e. The lowest BCUT2D eigenvalue weighted by Gasteiger charge is -2.12. The van der Waals surface area contributed by atoms with E-state index in [1.807, 2.05) is 12.1 Å². The van der Waals surface area contributed by atoms with Crippen LogP contribution < -0.4 is 14.8 Å². The summed E-state index contributed by atoms with van der Waals surface area (Å²) in [6.45, 7) is 0.620. The van der Waals surface area contributed by atoms with Gasteiger partial charge in [0.05, 0.1) is 19.0 Å². The van der Waals surface area contributed by atoms with Gasteiger partial charge in [-0.25, -0.2) is 4.39 Å². The Kier molecular flexibility index (Phi) is 5.14. The number of rotatable bonds is 6. The summed E-state index contributed by atoms with van der Waals surface area (Å²) in [6.07, 6.45) is 0.0121. The molecule has 0 spiro atoms. The molecule has 6 heteroatoms. The first kappa shape index (κ1) is 16.8. The van der Waals surface area contributed by atoms with Crippen LogP contribution in [0.3, 0.4) is 0 Å². The van der Waals surface area contributed by atoms with Crippen molar-refractivity contribution in [1.29, 1.82) is 5.26 Å². The van der Waals surface area contributed by atoms with Crippen molar-refractivity contribution in [3.05, 3.63) is 59.4 Å². The number of nitrogens with zero attached hydrogens (tertiary/aromatic N) is 1. The van der Waals surface area contributed by atoms with Gasteiger partial charge in [-0.15, -0.1) is 0 Å². The number of hydrogen-bond donors (Lipinski definition) is 1. The highest BCUT2D eigenvalue weighted by Crippen LogP contribution is 2.31. The highest BCUT2D eigenvalue weighted by molar-refractivity contribution is 5.82. The second-order valence-electron chi connectivity index (χ2n) is 5.66. The van der Waals surface area contributed by atoms with E-state index in [2.05, 4.69) is 11.4 Å². The Morgan fingerprint density at radius 3 is 2.84 bits per heavy atom. The summed E-state index contributed by atoms with van der Waals surface area (Å²) < 4.78 is 24.5. The van der Waals surface area contributed by atoms with Crippen molar-refractivity contribution in [1.82, 2.24) is 5.32 Å². The van der Waals surface area contributed by atoms with Gasteiger partial charge in [-0.2, -0.15) is 5.26 Å². The molecule has 1 N–H and O–H groups in total. The van der Waals surface area contributed by atoms with Gasteiger partial charge in [0.25, 0.3) is 5.91 Å². The summed E-state index contributed by atoms with van der Waals surface area (Å²) in [7, 11) is 0. The van der Waals surface area contributed by atoms with E-state index >= 15 is 0 Å². The quantitative estimate of drug-likeness (QED) is 0.820. The average molecular weight is 340 g/mol. The van der Waals surface area contributed by atoms with Gasteiger partial charge in [-0.1, -0.05) is 24.3 Å². The average Bonchev–Trinajstić information content (AvgIpc) is 3.06. The van der Waals surface area contributed by atoms with Crippen LogP contribution in [-0.4, -0.2) is 25.2 Å². The number of benzene rings is 2. The number of nitriles is 1. The molecule has 0 radical (unpaired) electrons. The van der Waals surface area contributed by atoms with E-state index in [0.717, 1.165) is 5.56 Å². The van der Waals surface area contributed by atoms with Gasteiger partial charge in [0.2, 0.25) is 0 Å². The van der Waals surface area contributed by atoms with E-state index < -0.39 is 11.9 Å². The van der Waals surface area contributed by atoms with Crippen LogP contribution in [0.5, 0.6) is 11.5 Å². The lowest BCUT2D eigenvalue weighted by Crippen LogP contribution is -2.39. The molecule has 1 atom stereocenters. The van der Waals surface area contributed by atoms with Gasteiger partial charge < -0.3 is 14.8 Å². The summed E-state index contributed by atoms with van der Waals surface area (Å²) in [5, 5.41) is 11.4. The van der Waals surface area contributed by atoms with Gasteiger partial charge in [-0.3, -0.25) is 4.79 Å². The second-order valence-corrected chi connectivity index (χ2v) is 5.66. The van der Waals surface area contributed by atoms with Gasteiger partial charge in [0.1, 0.15) is 12.4 Å². The molecule has 3 rings (SSSR count). The van der Waals surface area contributed by atoms with Crippen molar-refractivity contribution >= 4 is 5.91 Å². The van der Waals surface area contributed by atoms with E-state index in [1.165, 1.54) is 6.07 Å². The largest absolute Gasteiger partial charge is 0.492 e. The molecule has 1 amide bonds. The first-order chi connectivity index (χ1) is 12.2. The third-order valence-electron chi connectivity index (χ3n) is 3.88. The molecule has 0 unspecified atom stereocenters. The molecule has 128 valence electrons. The number of amides is 1. The standard InChI is InChI=1S/C19H17FN2O3/c20-16-3-1-2-14-12-17(25-18(14)16)19(23)22-10-11-24-15-6-4-13(5-7-15)8-9-21/h1-7,17H,8,10-12H2,(H,22,23)/t17-/m1/s1. The normalized spacial score (nSPS) is 15.0. The van der Waals surface area contributed by atoms with E-state index in [4.69, 9.17) is 14.7 Å². The zero-order valence-electron chi connectivity index (χ0n) is 13.5. The van der Waals surface area contributed by atoms with Crippen LogP contribution >= 0.6 is 0 Å². The molecular formula is C19H17FN2O3. The molecule has 5 nitrogen and oxygen atoms in total. The molecular weight excluding hydrogens is 323 g/mol. The Labute approximate surface area is 145 Å². The molecule has 1 aliphatic rings. The lowest BCUT2D eigenvalue weighted by atomic mass is 10.1. The minimum absolute atomic E-state index is 0.163. The van der Waals surface area contributed by atoms with Gasteiger partial charge in [0.15, 0.2) is 17.7 Å². The summed E-state index contributed by atoms with van der Waals surface area (Å²) in [6, 6.07) is 14.0. The Hall–Kier alpha value is -3.07. The maximum atomic E-state index is 13.6. The molecule has 0 fully saturated rings. The summed E-state index contributed by atoms with van der Waals surface area (Å²) in [5.41, 5.74) is 1.63. The van der Waals surface area contributed by atoms with Crippen LogP contribution in [0, 0.1) is 17.1 Å². The van der Waals surface area contributed by atoms with Gasteiger partial charge in [-0.05, 0) is 23.8 Å². The van der Waals surface area contributed by atoms with Crippen LogP contribution in [0.25, 0.3) is 0 Å². The van der Waals surface area contributed by atoms with Crippen molar-refractivity contribution in [2.45, 2.75) is 18.9 Å². The van der Waals surface area contributed by atoms with Crippen molar-refractivity contribution in [3.8, 4) is 17.6 Å². The summed E-state index contributed by atoms with van der Waals surface area (Å²) >= 11 is 0. The van der Waals surface area contributed by atoms with Crippen LogP contribution in [0.4, 0.5) is 4.39 Å². The molecule has 2 aromatic rings. The molecule has 1 aliphatic heterocycles. The highest BCUT2D eigenvalue weighted by Gasteiger charge is 2.30. The number of carbonyl (C=O) groups excluding carboxylic acids is 1. The fourth-order valence-electron chi connectivity index (χ4n) is 2.63. The van der Waals surface area contributed by atoms with Crippen molar-refractivity contribution < 1.29 is 18.7 Å². The summed E-state index contributed by atoms with van der Waals surface area (Å²) in [5.74, 6) is 0.0958. The van der Waals surface area contributed by atoms with E-state index in [-0.39, 0.29) is 11.7 Å². The number of fused-ring (bicyclic) bond motifs is 1. The molecule has 0 bridgehead atoms. The Morgan fingerprint density at radius 2 is 2.12 bits per heavy atom. The first-order valence-electron chi connectivity index (χ1n) is 7.98. The van der Waals surface area contributed by atoms with E-state index in [9.17, 15) is 9.18 Å². The number of para-hydroxylation sites is 1. The first-order valence-corrected chi connectivity index (χ1v) is 7.98. The minimum atomic E-state index is -0.711. The fraction of sp³-hybridized carbons (Fsp3) is 0.263. The number of carbonyl (C=O) groups is 1. The van der Waals surface area contributed by atoms with Crippen LogP contribution in [0.15, 0.2) is 42.5 Å². The van der Waals surface area contributed by atoms with Crippen LogP contribution in [-0.2, 0) is 17.6 Å². The van der Waals surface area contributed by atoms with Crippen LogP contribution in [0.2, 0.25) is 0 Å². The number of hydrogen-bond acceptors (Lipinski definition) is 4. The SMILES string of the molecule is N#CCc1ccc(OCCNC(=O)[C@H]2Cc3cccc(F)c3O2)cc1. The zero-order valence-corrected chi connectivity index (χ0v) is 13.5. The molecule has 0 saturated carbocycles. The second kappa shape index (κ2) is 7.67.